The number of Topliss-reactive ketones (excluding diaryl/α,β-unsaturated/α-hetero) is 1. The minimum absolute atomic E-state index is 0.000562. The third-order valence-electron chi connectivity index (χ3n) is 5.15. The Hall–Kier alpha value is -3.58. The minimum atomic E-state index is -0.853. The molecule has 1 aliphatic rings. The van der Waals surface area contributed by atoms with Gasteiger partial charge >= 0.3 is 0 Å². The summed E-state index contributed by atoms with van der Waals surface area (Å²) in [6.07, 6.45) is 0.000562. The van der Waals surface area contributed by atoms with Gasteiger partial charge in [-0.3, -0.25) is 14.5 Å². The Morgan fingerprint density at radius 3 is 2.44 bits per heavy atom. The molecule has 2 heterocycles. The number of phenols is 1. The summed E-state index contributed by atoms with van der Waals surface area (Å²) in [4.78, 5) is 28.2. The number of rotatable bonds is 5. The third-order valence-corrected chi connectivity index (χ3v) is 6.07. The number of ether oxygens (including phenoxy) is 1. The summed E-state index contributed by atoms with van der Waals surface area (Å²) in [5.74, 6) is -1.35. The van der Waals surface area contributed by atoms with Gasteiger partial charge in [0.25, 0.3) is 11.7 Å². The molecule has 2 aromatic carbocycles. The van der Waals surface area contributed by atoms with E-state index < -0.39 is 17.7 Å². The second-order valence-electron chi connectivity index (χ2n) is 7.87. The van der Waals surface area contributed by atoms with Gasteiger partial charge in [-0.05, 0) is 74.2 Å². The Kier molecular flexibility index (Phi) is 5.76. The van der Waals surface area contributed by atoms with Gasteiger partial charge in [0, 0.05) is 10.4 Å². The predicted octanol–water partition coefficient (Wildman–Crippen LogP) is 5.18. The van der Waals surface area contributed by atoms with E-state index in [0.29, 0.717) is 16.2 Å². The summed E-state index contributed by atoms with van der Waals surface area (Å²) < 4.78 is 5.64. The lowest BCUT2D eigenvalue weighted by Gasteiger charge is -2.25. The van der Waals surface area contributed by atoms with Crippen LogP contribution in [0.5, 0.6) is 11.5 Å². The van der Waals surface area contributed by atoms with Gasteiger partial charge in [0.05, 0.1) is 17.4 Å². The number of hydrogen-bond acceptors (Lipinski definition) is 6. The molecule has 0 saturated carbocycles. The molecule has 1 amide bonds. The van der Waals surface area contributed by atoms with E-state index in [2.05, 4.69) is 0 Å². The van der Waals surface area contributed by atoms with Crippen LogP contribution >= 0.6 is 11.3 Å². The smallest absolute Gasteiger partial charge is 0.300 e. The number of amides is 1. The van der Waals surface area contributed by atoms with Crippen LogP contribution in [-0.4, -0.2) is 28.0 Å². The van der Waals surface area contributed by atoms with Gasteiger partial charge in [0.15, 0.2) is 0 Å². The topological polar surface area (TPSA) is 87.1 Å². The Morgan fingerprint density at radius 1 is 1.09 bits per heavy atom. The zero-order valence-corrected chi connectivity index (χ0v) is 18.7. The van der Waals surface area contributed by atoms with Gasteiger partial charge in [0.1, 0.15) is 23.3 Å². The Balaban J connectivity index is 1.86. The van der Waals surface area contributed by atoms with Crippen LogP contribution in [0, 0.1) is 6.92 Å². The van der Waals surface area contributed by atoms with Crippen LogP contribution < -0.4 is 9.64 Å². The fourth-order valence-electron chi connectivity index (χ4n) is 3.74. The van der Waals surface area contributed by atoms with Gasteiger partial charge < -0.3 is 14.9 Å². The Morgan fingerprint density at radius 2 is 1.81 bits per heavy atom. The molecule has 0 spiro atoms. The Bertz CT molecular complexity index is 1200. The van der Waals surface area contributed by atoms with Gasteiger partial charge in [-0.25, -0.2) is 0 Å². The number of aryl methyl sites for hydroxylation is 1. The first kappa shape index (κ1) is 21.6. The van der Waals surface area contributed by atoms with Crippen molar-refractivity contribution in [2.24, 2.45) is 0 Å². The normalized spacial score (nSPS) is 17.9. The number of benzene rings is 2. The number of aliphatic hydroxyl groups is 1. The molecule has 3 aromatic rings. The second-order valence-corrected chi connectivity index (χ2v) is 8.85. The van der Waals surface area contributed by atoms with E-state index in [-0.39, 0.29) is 28.9 Å². The third kappa shape index (κ3) is 3.87. The van der Waals surface area contributed by atoms with Crippen molar-refractivity contribution in [1.29, 1.82) is 0 Å². The fourth-order valence-corrected chi connectivity index (χ4v) is 4.57. The molecule has 6 nitrogen and oxygen atoms in total. The van der Waals surface area contributed by atoms with E-state index in [1.807, 2.05) is 32.2 Å². The zero-order valence-electron chi connectivity index (χ0n) is 17.9. The summed E-state index contributed by atoms with van der Waals surface area (Å²) in [6.45, 7) is 5.66. The van der Waals surface area contributed by atoms with Crippen LogP contribution in [0.1, 0.15) is 35.9 Å². The highest BCUT2D eigenvalue weighted by Crippen LogP contribution is 2.46. The van der Waals surface area contributed by atoms with Crippen LogP contribution in [0.15, 0.2) is 65.6 Å². The van der Waals surface area contributed by atoms with Crippen LogP contribution in [-0.2, 0) is 9.59 Å². The molecule has 32 heavy (non-hydrogen) atoms. The molecule has 0 radical (unpaired) electrons. The number of phenolic OH excluding ortho intramolecular Hbond substituents is 1. The molecule has 1 fully saturated rings. The van der Waals surface area contributed by atoms with Gasteiger partial charge in [-0.15, -0.1) is 11.3 Å². The highest BCUT2D eigenvalue weighted by molar-refractivity contribution is 7.10. The lowest BCUT2D eigenvalue weighted by Crippen LogP contribution is -2.29. The zero-order chi connectivity index (χ0) is 23.0. The van der Waals surface area contributed by atoms with Gasteiger partial charge in [-0.1, -0.05) is 12.1 Å². The summed E-state index contributed by atoms with van der Waals surface area (Å²) in [5.41, 5.74) is 1.43. The van der Waals surface area contributed by atoms with Crippen LogP contribution in [0.4, 0.5) is 5.69 Å². The predicted molar refractivity (Wildman–Crippen MR) is 124 cm³/mol. The van der Waals surface area contributed by atoms with E-state index in [0.717, 1.165) is 5.56 Å². The number of hydrogen-bond donors (Lipinski definition) is 2. The summed E-state index contributed by atoms with van der Waals surface area (Å²) in [5, 5.41) is 23.4. The minimum Gasteiger partial charge on any atom is -0.507 e. The quantitative estimate of drug-likeness (QED) is 0.319. The van der Waals surface area contributed by atoms with Crippen molar-refractivity contribution in [1.82, 2.24) is 0 Å². The number of carbonyl (C=O) groups is 2. The van der Waals surface area contributed by atoms with E-state index in [9.17, 15) is 19.8 Å². The number of aliphatic hydroxyl groups excluding tert-OH is 1. The lowest BCUT2D eigenvalue weighted by molar-refractivity contribution is -0.132. The molecular weight excluding hydrogens is 426 g/mol. The van der Waals surface area contributed by atoms with Crippen molar-refractivity contribution in [2.75, 3.05) is 4.90 Å². The van der Waals surface area contributed by atoms with Gasteiger partial charge in [-0.2, -0.15) is 0 Å². The van der Waals surface area contributed by atoms with Crippen LogP contribution in [0.25, 0.3) is 5.76 Å². The van der Waals surface area contributed by atoms with Crippen molar-refractivity contribution >= 4 is 34.5 Å². The number of carbonyl (C=O) groups excluding carboxylic acids is 2. The first-order valence-corrected chi connectivity index (χ1v) is 11.1. The average Bonchev–Trinajstić information content (AvgIpc) is 3.37. The van der Waals surface area contributed by atoms with Crippen molar-refractivity contribution in [2.45, 2.75) is 32.9 Å². The van der Waals surface area contributed by atoms with E-state index >= 15 is 0 Å². The number of anilines is 1. The molecule has 0 aliphatic carbocycles. The van der Waals surface area contributed by atoms with E-state index in [1.165, 1.54) is 22.3 Å². The monoisotopic (exact) mass is 449 g/mol. The number of ketones is 1. The maximum absolute atomic E-state index is 13.1. The second kappa shape index (κ2) is 8.51. The first-order chi connectivity index (χ1) is 15.3. The van der Waals surface area contributed by atoms with Crippen molar-refractivity contribution < 1.29 is 24.5 Å². The van der Waals surface area contributed by atoms with E-state index in [1.54, 1.807) is 42.5 Å². The standard InChI is InChI=1S/C25H23NO5S/c1-14(2)31-17-9-7-16(8-10-17)23(28)21-22(20-5-4-12-32-20)26(25(30)24(21)29)18-13-15(3)6-11-19(18)27/h4-14,22,27-28H,1-3H3/b23-21-. The summed E-state index contributed by atoms with van der Waals surface area (Å²) in [7, 11) is 0. The highest BCUT2D eigenvalue weighted by atomic mass is 32.1. The van der Waals surface area contributed by atoms with Crippen LogP contribution in [0.3, 0.4) is 0 Å². The largest absolute Gasteiger partial charge is 0.507 e. The Labute approximate surface area is 190 Å². The number of aromatic hydroxyl groups is 1. The van der Waals surface area contributed by atoms with E-state index in [4.69, 9.17) is 4.74 Å². The molecule has 2 N–H and O–H groups in total. The molecule has 164 valence electrons. The molecule has 1 saturated heterocycles. The summed E-state index contributed by atoms with van der Waals surface area (Å²) >= 11 is 1.37. The fraction of sp³-hybridized carbons (Fsp3) is 0.200. The lowest BCUT2D eigenvalue weighted by atomic mass is 9.99. The molecule has 1 aliphatic heterocycles. The van der Waals surface area contributed by atoms with Gasteiger partial charge in [0.2, 0.25) is 0 Å². The summed E-state index contributed by atoms with van der Waals surface area (Å²) in [6, 6.07) is 14.3. The van der Waals surface area contributed by atoms with Crippen molar-refractivity contribution in [3.63, 3.8) is 0 Å². The molecule has 1 aromatic heterocycles. The molecular formula is C25H23NO5S. The maximum atomic E-state index is 13.1. The number of nitrogens with zero attached hydrogens (tertiary/aromatic N) is 1. The maximum Gasteiger partial charge on any atom is 0.300 e. The van der Waals surface area contributed by atoms with Crippen molar-refractivity contribution in [3.8, 4) is 11.5 Å². The molecule has 0 bridgehead atoms. The molecule has 7 heteroatoms. The molecule has 4 rings (SSSR count). The average molecular weight is 450 g/mol. The molecule has 1 unspecified atom stereocenters. The van der Waals surface area contributed by atoms with Crippen molar-refractivity contribution in [3.05, 3.63) is 81.6 Å². The molecule has 1 atom stereocenters. The highest BCUT2D eigenvalue weighted by Gasteiger charge is 2.48. The van der Waals surface area contributed by atoms with Crippen LogP contribution in [0.2, 0.25) is 0 Å². The number of thiophene rings is 1. The SMILES string of the molecule is Cc1ccc(O)c(N2C(=O)C(=O)/C(=C(\O)c3ccc(OC(C)C)cc3)C2c2cccs2)c1. The first-order valence-electron chi connectivity index (χ1n) is 10.2.